The molecule has 1 atom stereocenters. The quantitative estimate of drug-likeness (QED) is 0.848. The summed E-state index contributed by atoms with van der Waals surface area (Å²) in [6, 6.07) is 10.0. The average Bonchev–Trinajstić information content (AvgIpc) is 3.12. The second kappa shape index (κ2) is 7.06. The second-order valence-electron chi connectivity index (χ2n) is 6.36. The molecule has 0 aliphatic carbocycles. The van der Waals surface area contributed by atoms with E-state index in [2.05, 4.69) is 29.9 Å². The Hall–Kier alpha value is -2.32. The number of para-hydroxylation sites is 1. The Balaban J connectivity index is 1.66. The molecule has 3 rings (SSSR count). The van der Waals surface area contributed by atoms with E-state index in [4.69, 9.17) is 10.00 Å². The molecular formula is C19H24N4O. The van der Waals surface area contributed by atoms with Gasteiger partial charge in [0, 0.05) is 30.9 Å². The maximum absolute atomic E-state index is 9.13. The topological polar surface area (TPSA) is 54.1 Å². The van der Waals surface area contributed by atoms with E-state index in [9.17, 15) is 0 Å². The molecule has 24 heavy (non-hydrogen) atoms. The normalized spacial score (nSPS) is 17.8. The molecule has 0 N–H and O–H groups in total. The van der Waals surface area contributed by atoms with Crippen LogP contribution in [0.25, 0.3) is 0 Å². The molecule has 1 aromatic carbocycles. The lowest BCUT2D eigenvalue weighted by Gasteiger charge is -2.25. The van der Waals surface area contributed by atoms with Gasteiger partial charge in [-0.05, 0) is 45.4 Å². The zero-order valence-electron chi connectivity index (χ0n) is 14.6. The van der Waals surface area contributed by atoms with E-state index in [0.29, 0.717) is 24.0 Å². The Morgan fingerprint density at radius 1 is 1.33 bits per heavy atom. The van der Waals surface area contributed by atoms with Crippen LogP contribution in [0.2, 0.25) is 0 Å². The molecule has 0 unspecified atom stereocenters. The maximum Gasteiger partial charge on any atom is 0.137 e. The van der Waals surface area contributed by atoms with Gasteiger partial charge in [-0.15, -0.1) is 0 Å². The number of benzene rings is 1. The van der Waals surface area contributed by atoms with Crippen LogP contribution in [0.15, 0.2) is 24.3 Å². The summed E-state index contributed by atoms with van der Waals surface area (Å²) in [5.41, 5.74) is 4.34. The van der Waals surface area contributed by atoms with E-state index in [-0.39, 0.29) is 0 Å². The Kier molecular flexibility index (Phi) is 4.86. The van der Waals surface area contributed by atoms with Gasteiger partial charge in [-0.1, -0.05) is 12.1 Å². The summed E-state index contributed by atoms with van der Waals surface area (Å²) >= 11 is 0. The maximum atomic E-state index is 9.13. The summed E-state index contributed by atoms with van der Waals surface area (Å²) in [5.74, 6) is 0.671. The second-order valence-corrected chi connectivity index (χ2v) is 6.36. The average molecular weight is 324 g/mol. The van der Waals surface area contributed by atoms with E-state index in [1.807, 2.05) is 29.9 Å². The minimum absolute atomic E-state index is 0.425. The third-order valence-electron chi connectivity index (χ3n) is 4.91. The highest BCUT2D eigenvalue weighted by atomic mass is 16.5. The smallest absolute Gasteiger partial charge is 0.137 e. The Labute approximate surface area is 143 Å². The molecule has 126 valence electrons. The first-order valence-corrected chi connectivity index (χ1v) is 8.48. The number of aromatic nitrogens is 2. The molecule has 0 saturated carbocycles. The number of rotatable bonds is 5. The van der Waals surface area contributed by atoms with Gasteiger partial charge in [-0.25, -0.2) is 0 Å². The fraction of sp³-hybridized carbons (Fsp3) is 0.474. The van der Waals surface area contributed by atoms with Crippen LogP contribution in [0.1, 0.15) is 41.4 Å². The summed E-state index contributed by atoms with van der Waals surface area (Å²) < 4.78 is 7.83. The van der Waals surface area contributed by atoms with Crippen LogP contribution in [0.4, 0.5) is 0 Å². The summed E-state index contributed by atoms with van der Waals surface area (Å²) in [7, 11) is 2.01. The van der Waals surface area contributed by atoms with Crippen molar-refractivity contribution in [2.75, 3.05) is 19.7 Å². The predicted molar refractivity (Wildman–Crippen MR) is 92.9 cm³/mol. The first kappa shape index (κ1) is 16.5. The summed E-state index contributed by atoms with van der Waals surface area (Å²) in [6.07, 6.45) is 2.37. The summed E-state index contributed by atoms with van der Waals surface area (Å²) in [4.78, 5) is 2.48. The van der Waals surface area contributed by atoms with Gasteiger partial charge in [0.2, 0.25) is 0 Å². The molecule has 0 bridgehead atoms. The first-order chi connectivity index (χ1) is 11.6. The van der Waals surface area contributed by atoms with Crippen molar-refractivity contribution in [2.24, 2.45) is 7.05 Å². The number of hydrogen-bond donors (Lipinski definition) is 0. The number of nitriles is 1. The number of likely N-dealkylation sites (tertiary alicyclic amines) is 1. The lowest BCUT2D eigenvalue weighted by Crippen LogP contribution is -2.28. The van der Waals surface area contributed by atoms with E-state index in [0.717, 1.165) is 18.8 Å². The van der Waals surface area contributed by atoms with E-state index in [1.165, 1.54) is 24.1 Å². The highest BCUT2D eigenvalue weighted by molar-refractivity contribution is 5.42. The van der Waals surface area contributed by atoms with Crippen LogP contribution < -0.4 is 4.74 Å². The lowest BCUT2D eigenvalue weighted by atomic mass is 10.0. The van der Waals surface area contributed by atoms with Gasteiger partial charge in [-0.3, -0.25) is 9.58 Å². The van der Waals surface area contributed by atoms with Crippen LogP contribution in [0.5, 0.6) is 5.75 Å². The monoisotopic (exact) mass is 324 g/mol. The van der Waals surface area contributed by atoms with Gasteiger partial charge in [-0.2, -0.15) is 10.4 Å². The molecule has 2 heterocycles. The summed E-state index contributed by atoms with van der Waals surface area (Å²) in [5, 5.41) is 13.7. The fourth-order valence-electron chi connectivity index (χ4n) is 3.65. The summed E-state index contributed by atoms with van der Waals surface area (Å²) in [6.45, 7) is 6.78. The number of aryl methyl sites for hydroxylation is 2. The highest BCUT2D eigenvalue weighted by Crippen LogP contribution is 2.35. The molecule has 2 aromatic rings. The third-order valence-corrected chi connectivity index (χ3v) is 4.91. The van der Waals surface area contributed by atoms with Crippen molar-refractivity contribution < 1.29 is 4.74 Å². The van der Waals surface area contributed by atoms with E-state index >= 15 is 0 Å². The van der Waals surface area contributed by atoms with Gasteiger partial charge in [0.1, 0.15) is 18.4 Å². The standard InChI is InChI=1S/C19H24N4O/c1-14-19(15(2)22(3)21-14)17-8-6-10-23(17)11-12-24-18-9-5-4-7-16(18)13-20/h4-5,7,9,17H,6,8,10-12H2,1-3H3/t17-/m0/s1. The Bertz CT molecular complexity index is 759. The van der Waals surface area contributed by atoms with Crippen molar-refractivity contribution in [1.82, 2.24) is 14.7 Å². The predicted octanol–water partition coefficient (Wildman–Crippen LogP) is 3.12. The van der Waals surface area contributed by atoms with Gasteiger partial charge >= 0.3 is 0 Å². The van der Waals surface area contributed by atoms with Gasteiger partial charge in [0.25, 0.3) is 0 Å². The minimum Gasteiger partial charge on any atom is -0.491 e. The molecule has 1 saturated heterocycles. The van der Waals surface area contributed by atoms with Crippen molar-refractivity contribution in [3.63, 3.8) is 0 Å². The van der Waals surface area contributed by atoms with Crippen LogP contribution in [0, 0.1) is 25.2 Å². The van der Waals surface area contributed by atoms with Crippen molar-refractivity contribution >= 4 is 0 Å². The molecule has 5 heteroatoms. The number of hydrogen-bond acceptors (Lipinski definition) is 4. The lowest BCUT2D eigenvalue weighted by molar-refractivity contribution is 0.196. The molecule has 1 fully saturated rings. The van der Waals surface area contributed by atoms with Crippen molar-refractivity contribution in [1.29, 1.82) is 5.26 Å². The molecule has 1 aliphatic heterocycles. The number of nitrogens with zero attached hydrogens (tertiary/aromatic N) is 4. The van der Waals surface area contributed by atoms with Crippen LogP contribution in [0.3, 0.4) is 0 Å². The SMILES string of the molecule is Cc1nn(C)c(C)c1[C@@H]1CCCN1CCOc1ccccc1C#N. The molecule has 0 spiro atoms. The van der Waals surface area contributed by atoms with E-state index in [1.54, 1.807) is 6.07 Å². The van der Waals surface area contributed by atoms with Crippen LogP contribution in [-0.2, 0) is 7.05 Å². The molecule has 1 aromatic heterocycles. The first-order valence-electron chi connectivity index (χ1n) is 8.48. The fourth-order valence-corrected chi connectivity index (χ4v) is 3.65. The molecule has 1 aliphatic rings. The van der Waals surface area contributed by atoms with Gasteiger partial charge in [0.05, 0.1) is 11.3 Å². The van der Waals surface area contributed by atoms with Gasteiger partial charge in [0.15, 0.2) is 0 Å². The largest absolute Gasteiger partial charge is 0.491 e. The third kappa shape index (κ3) is 3.15. The Morgan fingerprint density at radius 2 is 2.12 bits per heavy atom. The van der Waals surface area contributed by atoms with Crippen molar-refractivity contribution in [2.45, 2.75) is 32.7 Å². The Morgan fingerprint density at radius 3 is 2.83 bits per heavy atom. The zero-order chi connectivity index (χ0) is 17.1. The van der Waals surface area contributed by atoms with E-state index < -0.39 is 0 Å². The molecular weight excluding hydrogens is 300 g/mol. The van der Waals surface area contributed by atoms with Gasteiger partial charge < -0.3 is 4.74 Å². The molecule has 5 nitrogen and oxygen atoms in total. The van der Waals surface area contributed by atoms with Crippen molar-refractivity contribution in [3.8, 4) is 11.8 Å². The molecule has 0 radical (unpaired) electrons. The zero-order valence-corrected chi connectivity index (χ0v) is 14.6. The highest BCUT2D eigenvalue weighted by Gasteiger charge is 2.30. The van der Waals surface area contributed by atoms with Crippen LogP contribution in [-0.4, -0.2) is 34.4 Å². The van der Waals surface area contributed by atoms with Crippen molar-refractivity contribution in [3.05, 3.63) is 46.8 Å². The van der Waals surface area contributed by atoms with Crippen LogP contribution >= 0.6 is 0 Å². The minimum atomic E-state index is 0.425. The number of ether oxygens (including phenoxy) is 1. The molecule has 0 amide bonds.